The van der Waals surface area contributed by atoms with Crippen LogP contribution in [-0.4, -0.2) is 4.99 Å². The highest BCUT2D eigenvalue weighted by Crippen LogP contribution is 2.31. The number of hydrogen-bond acceptors (Lipinski definition) is 2. The molecule has 0 atom stereocenters. The summed E-state index contributed by atoms with van der Waals surface area (Å²) < 4.78 is 18.9. The molecule has 2 aromatic rings. The lowest BCUT2D eigenvalue weighted by molar-refractivity contribution is 0.472. The van der Waals surface area contributed by atoms with Gasteiger partial charge in [0.25, 0.3) is 0 Å². The van der Waals surface area contributed by atoms with E-state index in [4.69, 9.17) is 22.7 Å². The van der Waals surface area contributed by atoms with E-state index in [9.17, 15) is 4.39 Å². The Morgan fingerprint density at radius 1 is 1.16 bits per heavy atom. The predicted molar refractivity (Wildman–Crippen MR) is 78.3 cm³/mol. The van der Waals surface area contributed by atoms with E-state index < -0.39 is 0 Å². The maximum Gasteiger partial charge on any atom is 0.140 e. The van der Waals surface area contributed by atoms with E-state index in [0.29, 0.717) is 17.1 Å². The van der Waals surface area contributed by atoms with Crippen LogP contribution in [0, 0.1) is 19.7 Å². The molecule has 2 rings (SSSR count). The maximum atomic E-state index is 13.1. The first kappa shape index (κ1) is 13.5. The van der Waals surface area contributed by atoms with Crippen molar-refractivity contribution < 1.29 is 9.13 Å². The molecule has 0 aliphatic heterocycles. The lowest BCUT2D eigenvalue weighted by Gasteiger charge is -2.14. The minimum Gasteiger partial charge on any atom is -0.456 e. The summed E-state index contributed by atoms with van der Waals surface area (Å²) in [6.45, 7) is 3.70. The minimum absolute atomic E-state index is 0.276. The Kier molecular flexibility index (Phi) is 3.81. The van der Waals surface area contributed by atoms with Crippen molar-refractivity contribution in [2.24, 2.45) is 5.73 Å². The van der Waals surface area contributed by atoms with Crippen LogP contribution in [0.1, 0.15) is 16.7 Å². The van der Waals surface area contributed by atoms with Crippen molar-refractivity contribution in [2.75, 3.05) is 0 Å². The van der Waals surface area contributed by atoms with Gasteiger partial charge in [0.05, 0.1) is 5.56 Å². The fourth-order valence-electron chi connectivity index (χ4n) is 1.82. The van der Waals surface area contributed by atoms with E-state index >= 15 is 0 Å². The van der Waals surface area contributed by atoms with E-state index in [1.54, 1.807) is 13.0 Å². The van der Waals surface area contributed by atoms with Gasteiger partial charge in [-0.25, -0.2) is 4.39 Å². The zero-order valence-electron chi connectivity index (χ0n) is 10.7. The van der Waals surface area contributed by atoms with Gasteiger partial charge >= 0.3 is 0 Å². The molecular formula is C15H14FNOS. The van der Waals surface area contributed by atoms with Crippen LogP contribution in [0.25, 0.3) is 0 Å². The van der Waals surface area contributed by atoms with Crippen LogP contribution in [0.2, 0.25) is 0 Å². The zero-order chi connectivity index (χ0) is 14.0. The van der Waals surface area contributed by atoms with Crippen LogP contribution in [0.15, 0.2) is 36.4 Å². The number of halogens is 1. The Bertz CT molecular complexity index is 640. The van der Waals surface area contributed by atoms with E-state index in [1.165, 1.54) is 12.1 Å². The van der Waals surface area contributed by atoms with Gasteiger partial charge in [-0.05, 0) is 49.2 Å². The number of ether oxygens (including phenoxy) is 1. The summed E-state index contributed by atoms with van der Waals surface area (Å²) in [5, 5.41) is 0. The highest BCUT2D eigenvalue weighted by atomic mass is 32.1. The molecule has 0 aliphatic carbocycles. The third-order valence-corrected chi connectivity index (χ3v) is 3.05. The average molecular weight is 275 g/mol. The lowest BCUT2D eigenvalue weighted by Crippen LogP contribution is -2.11. The molecule has 0 radical (unpaired) electrons. The Hall–Kier alpha value is -1.94. The largest absolute Gasteiger partial charge is 0.456 e. The molecule has 0 bridgehead atoms. The highest BCUT2D eigenvalue weighted by Gasteiger charge is 2.11. The van der Waals surface area contributed by atoms with Gasteiger partial charge in [0, 0.05) is 0 Å². The van der Waals surface area contributed by atoms with Crippen molar-refractivity contribution in [1.82, 2.24) is 0 Å². The van der Waals surface area contributed by atoms with E-state index in [0.717, 1.165) is 11.1 Å². The van der Waals surface area contributed by atoms with Gasteiger partial charge in [0.2, 0.25) is 0 Å². The van der Waals surface area contributed by atoms with Gasteiger partial charge in [-0.1, -0.05) is 24.4 Å². The molecule has 0 saturated carbocycles. The summed E-state index contributed by atoms with van der Waals surface area (Å²) in [4.78, 5) is 0.276. The van der Waals surface area contributed by atoms with E-state index in [-0.39, 0.29) is 10.8 Å². The summed E-state index contributed by atoms with van der Waals surface area (Å²) in [7, 11) is 0. The fourth-order valence-corrected chi connectivity index (χ4v) is 1.98. The third kappa shape index (κ3) is 2.90. The third-order valence-electron chi connectivity index (χ3n) is 2.83. The van der Waals surface area contributed by atoms with Crippen molar-refractivity contribution in [2.45, 2.75) is 13.8 Å². The van der Waals surface area contributed by atoms with Crippen molar-refractivity contribution in [3.63, 3.8) is 0 Å². The molecule has 2 N–H and O–H groups in total. The average Bonchev–Trinajstić information content (AvgIpc) is 2.34. The second-order valence-corrected chi connectivity index (χ2v) is 4.77. The van der Waals surface area contributed by atoms with Crippen LogP contribution < -0.4 is 10.5 Å². The molecule has 0 aliphatic rings. The van der Waals surface area contributed by atoms with Gasteiger partial charge in [-0.3, -0.25) is 0 Å². The van der Waals surface area contributed by atoms with Crippen LogP contribution in [0.5, 0.6) is 11.5 Å². The predicted octanol–water partition coefficient (Wildman–Crippen LogP) is 3.87. The zero-order valence-corrected chi connectivity index (χ0v) is 11.6. The number of para-hydroxylation sites is 1. The molecule has 0 saturated heterocycles. The van der Waals surface area contributed by atoms with Crippen LogP contribution in [0.3, 0.4) is 0 Å². The molecule has 2 aromatic carbocycles. The number of rotatable bonds is 3. The second-order valence-electron chi connectivity index (χ2n) is 4.33. The smallest absolute Gasteiger partial charge is 0.140 e. The molecule has 0 spiro atoms. The summed E-state index contributed by atoms with van der Waals surface area (Å²) in [5.41, 5.74) is 8.01. The molecule has 4 heteroatoms. The topological polar surface area (TPSA) is 35.2 Å². The SMILES string of the molecule is Cc1cc(F)ccc1Oc1c(C)cccc1C(N)=S. The van der Waals surface area contributed by atoms with E-state index in [1.807, 2.05) is 25.1 Å². The number of aryl methyl sites for hydroxylation is 2. The molecule has 98 valence electrons. The monoisotopic (exact) mass is 275 g/mol. The van der Waals surface area contributed by atoms with Crippen LogP contribution in [0.4, 0.5) is 4.39 Å². The van der Waals surface area contributed by atoms with Gasteiger partial charge < -0.3 is 10.5 Å². The summed E-state index contributed by atoms with van der Waals surface area (Å²) >= 11 is 5.02. The maximum absolute atomic E-state index is 13.1. The molecule has 19 heavy (non-hydrogen) atoms. The van der Waals surface area contributed by atoms with Gasteiger partial charge in [0.15, 0.2) is 0 Å². The second kappa shape index (κ2) is 5.36. The number of thiocarbonyl (C=S) groups is 1. The van der Waals surface area contributed by atoms with Crippen molar-refractivity contribution in [1.29, 1.82) is 0 Å². The molecule has 0 aromatic heterocycles. The number of benzene rings is 2. The summed E-state index contributed by atoms with van der Waals surface area (Å²) in [6.07, 6.45) is 0. The first-order valence-electron chi connectivity index (χ1n) is 5.82. The fraction of sp³-hybridized carbons (Fsp3) is 0.133. The molecule has 0 amide bonds. The quantitative estimate of drug-likeness (QED) is 0.864. The number of hydrogen-bond donors (Lipinski definition) is 1. The summed E-state index contributed by atoms with van der Waals surface area (Å²) in [6, 6.07) is 9.98. The first-order valence-corrected chi connectivity index (χ1v) is 6.23. The Balaban J connectivity index is 2.46. The van der Waals surface area contributed by atoms with Gasteiger partial charge in [-0.2, -0.15) is 0 Å². The summed E-state index contributed by atoms with van der Waals surface area (Å²) in [5.74, 6) is 0.919. The number of nitrogens with two attached hydrogens (primary N) is 1. The first-order chi connectivity index (χ1) is 8.99. The molecule has 2 nitrogen and oxygen atoms in total. The molecule has 0 fully saturated rings. The highest BCUT2D eigenvalue weighted by molar-refractivity contribution is 7.80. The molecule has 0 heterocycles. The Labute approximate surface area is 117 Å². The molecular weight excluding hydrogens is 261 g/mol. The standard InChI is InChI=1S/C15H14FNOS/c1-9-4-3-5-12(15(17)19)14(9)18-13-7-6-11(16)8-10(13)2/h3-8H,1-2H3,(H2,17,19). The van der Waals surface area contributed by atoms with E-state index in [2.05, 4.69) is 0 Å². The lowest BCUT2D eigenvalue weighted by atomic mass is 10.1. The normalized spacial score (nSPS) is 10.3. The minimum atomic E-state index is -0.288. The van der Waals surface area contributed by atoms with Crippen molar-refractivity contribution in [3.05, 3.63) is 58.9 Å². The van der Waals surface area contributed by atoms with Gasteiger partial charge in [-0.15, -0.1) is 0 Å². The van der Waals surface area contributed by atoms with Crippen LogP contribution in [-0.2, 0) is 0 Å². The van der Waals surface area contributed by atoms with Crippen molar-refractivity contribution >= 4 is 17.2 Å². The Morgan fingerprint density at radius 2 is 1.89 bits per heavy atom. The molecule has 0 unspecified atom stereocenters. The Morgan fingerprint density at radius 3 is 2.53 bits per heavy atom. The van der Waals surface area contributed by atoms with Crippen LogP contribution >= 0.6 is 12.2 Å². The van der Waals surface area contributed by atoms with Crippen molar-refractivity contribution in [3.8, 4) is 11.5 Å². The van der Waals surface area contributed by atoms with Gasteiger partial charge in [0.1, 0.15) is 22.3 Å².